The molecule has 1 N–H and O–H groups in total. The second kappa shape index (κ2) is 7.72. The molecule has 1 aliphatic heterocycles. The zero-order chi connectivity index (χ0) is 21.0. The minimum absolute atomic E-state index is 0. The maximum atomic E-state index is 12.4. The van der Waals surface area contributed by atoms with Crippen LogP contribution >= 0.6 is 32.9 Å². The Hall–Kier alpha value is -2.79. The number of anilines is 1. The number of carbonyl (C=O) groups excluding carboxylic acids is 1. The lowest BCUT2D eigenvalue weighted by Gasteiger charge is -2.17. The molecule has 0 saturated carbocycles. The highest BCUT2D eigenvalue weighted by Gasteiger charge is 2.44. The van der Waals surface area contributed by atoms with E-state index in [0.717, 1.165) is 16.7 Å². The van der Waals surface area contributed by atoms with E-state index in [2.05, 4.69) is 46.2 Å². The van der Waals surface area contributed by atoms with E-state index in [9.17, 15) is 4.79 Å². The third kappa shape index (κ3) is 3.23. The van der Waals surface area contributed by atoms with Crippen LogP contribution in [0.4, 0.5) is 5.82 Å². The molecule has 1 unspecified atom stereocenters. The average Bonchev–Trinajstić information content (AvgIpc) is 3.23. The lowest BCUT2D eigenvalue weighted by molar-refractivity contribution is -0.117. The standard InChI is InChI=1S/C20H17BrN8O.BrH/c1-4-20(21)13-5-11(6-24-16(13)28-19(20)30)14-15-18(26-9-25-14)29(3)17(27-15)12-7-22-10(2)23-8-12;/h5-9H,4H2,1-3H3,(H,24,28,30);1H. The molecule has 0 aliphatic carbocycles. The minimum atomic E-state index is -0.800. The Bertz CT molecular complexity index is 1320. The Morgan fingerprint density at radius 2 is 1.81 bits per heavy atom. The topological polar surface area (TPSA) is 111 Å². The molecule has 0 saturated heterocycles. The molecule has 0 aromatic carbocycles. The molecule has 0 spiro atoms. The van der Waals surface area contributed by atoms with E-state index in [1.54, 1.807) is 18.6 Å². The first-order valence-corrected chi connectivity index (χ1v) is 10.2. The lowest BCUT2D eigenvalue weighted by atomic mass is 9.97. The summed E-state index contributed by atoms with van der Waals surface area (Å²) in [6.07, 6.45) is 7.28. The molecule has 4 aromatic heterocycles. The van der Waals surface area contributed by atoms with Crippen molar-refractivity contribution in [2.24, 2.45) is 7.05 Å². The Morgan fingerprint density at radius 1 is 1.10 bits per heavy atom. The Labute approximate surface area is 196 Å². The molecule has 1 amide bonds. The Kier molecular flexibility index (Phi) is 5.34. The second-order valence-electron chi connectivity index (χ2n) is 7.14. The van der Waals surface area contributed by atoms with Crippen LogP contribution in [0.3, 0.4) is 0 Å². The van der Waals surface area contributed by atoms with Crippen molar-refractivity contribution in [1.82, 2.24) is 34.5 Å². The van der Waals surface area contributed by atoms with Crippen molar-refractivity contribution in [3.05, 3.63) is 42.4 Å². The predicted molar refractivity (Wildman–Crippen MR) is 125 cm³/mol. The third-order valence-electron chi connectivity index (χ3n) is 5.36. The van der Waals surface area contributed by atoms with Crippen molar-refractivity contribution in [2.75, 3.05) is 5.32 Å². The molecule has 158 valence electrons. The molecular weight excluding hydrogens is 528 g/mol. The summed E-state index contributed by atoms with van der Waals surface area (Å²) in [6.45, 7) is 3.79. The molecule has 0 radical (unpaired) electrons. The number of nitrogens with one attached hydrogen (secondary N) is 1. The number of fused-ring (bicyclic) bond motifs is 2. The lowest BCUT2D eigenvalue weighted by Crippen LogP contribution is -2.26. The third-order valence-corrected chi connectivity index (χ3v) is 6.71. The number of nitrogens with zero attached hydrogens (tertiary/aromatic N) is 7. The molecule has 11 heteroatoms. The summed E-state index contributed by atoms with van der Waals surface area (Å²) in [7, 11) is 1.89. The molecule has 1 atom stereocenters. The number of aromatic nitrogens is 7. The molecule has 0 fully saturated rings. The first-order valence-electron chi connectivity index (χ1n) is 9.40. The highest BCUT2D eigenvalue weighted by Crippen LogP contribution is 2.45. The van der Waals surface area contributed by atoms with E-state index < -0.39 is 4.32 Å². The maximum Gasteiger partial charge on any atom is 0.247 e. The molecule has 5 rings (SSSR count). The number of rotatable bonds is 3. The first-order chi connectivity index (χ1) is 14.4. The van der Waals surface area contributed by atoms with E-state index >= 15 is 0 Å². The van der Waals surface area contributed by atoms with Gasteiger partial charge in [-0.1, -0.05) is 22.9 Å². The van der Waals surface area contributed by atoms with Gasteiger partial charge in [0, 0.05) is 36.8 Å². The second-order valence-corrected chi connectivity index (χ2v) is 8.49. The monoisotopic (exact) mass is 544 g/mol. The maximum absolute atomic E-state index is 12.4. The molecule has 0 bridgehead atoms. The van der Waals surface area contributed by atoms with Crippen LogP contribution in [0.25, 0.3) is 33.8 Å². The van der Waals surface area contributed by atoms with Crippen LogP contribution in [0.2, 0.25) is 0 Å². The van der Waals surface area contributed by atoms with E-state index in [1.165, 1.54) is 6.33 Å². The highest BCUT2D eigenvalue weighted by molar-refractivity contribution is 9.10. The van der Waals surface area contributed by atoms with Gasteiger partial charge in [0.05, 0.1) is 5.56 Å². The van der Waals surface area contributed by atoms with Gasteiger partial charge in [0.25, 0.3) is 0 Å². The summed E-state index contributed by atoms with van der Waals surface area (Å²) in [5, 5.41) is 2.83. The number of carbonyl (C=O) groups is 1. The quantitative estimate of drug-likeness (QED) is 0.390. The van der Waals surface area contributed by atoms with Gasteiger partial charge in [-0.3, -0.25) is 4.79 Å². The molecule has 4 aromatic rings. The van der Waals surface area contributed by atoms with E-state index in [-0.39, 0.29) is 22.9 Å². The fraction of sp³-hybridized carbons (Fsp3) is 0.250. The first kappa shape index (κ1) is 21.4. The van der Waals surface area contributed by atoms with Crippen LogP contribution in [0.1, 0.15) is 24.7 Å². The molecule has 31 heavy (non-hydrogen) atoms. The Morgan fingerprint density at radius 3 is 2.52 bits per heavy atom. The van der Waals surface area contributed by atoms with E-state index in [1.807, 2.05) is 31.5 Å². The summed E-state index contributed by atoms with van der Waals surface area (Å²) in [4.78, 5) is 39.1. The van der Waals surface area contributed by atoms with Crippen LogP contribution in [-0.4, -0.2) is 40.4 Å². The number of aryl methyl sites for hydroxylation is 2. The highest BCUT2D eigenvalue weighted by atomic mass is 79.9. The zero-order valence-electron chi connectivity index (χ0n) is 16.9. The number of hydrogen-bond donors (Lipinski definition) is 1. The normalized spacial score (nSPS) is 17.4. The van der Waals surface area contributed by atoms with Gasteiger partial charge >= 0.3 is 0 Å². The SMILES string of the molecule is Br.CCC1(Br)C(=O)Nc2ncc(-c3ncnc4c3nc(-c3cnc(C)nc3)n4C)cc21. The van der Waals surface area contributed by atoms with Crippen LogP contribution in [0, 0.1) is 6.92 Å². The van der Waals surface area contributed by atoms with Gasteiger partial charge in [-0.2, -0.15) is 0 Å². The van der Waals surface area contributed by atoms with Gasteiger partial charge in [-0.15, -0.1) is 17.0 Å². The molecular formula is C20H18Br2N8O. The van der Waals surface area contributed by atoms with Gasteiger partial charge in [0.15, 0.2) is 5.65 Å². The fourth-order valence-corrected chi connectivity index (χ4v) is 4.05. The number of halogens is 2. The van der Waals surface area contributed by atoms with Crippen LogP contribution in [-0.2, 0) is 16.2 Å². The number of imidazole rings is 1. The Balaban J connectivity index is 0.00000231. The largest absolute Gasteiger partial charge is 0.312 e. The van der Waals surface area contributed by atoms with Gasteiger partial charge in [0.2, 0.25) is 5.91 Å². The number of pyridine rings is 1. The minimum Gasteiger partial charge on any atom is -0.312 e. The van der Waals surface area contributed by atoms with Crippen LogP contribution in [0.15, 0.2) is 31.0 Å². The number of amides is 1. The number of alkyl halides is 1. The van der Waals surface area contributed by atoms with Gasteiger partial charge < -0.3 is 9.88 Å². The van der Waals surface area contributed by atoms with E-state index in [4.69, 9.17) is 4.98 Å². The van der Waals surface area contributed by atoms with E-state index in [0.29, 0.717) is 40.7 Å². The molecule has 5 heterocycles. The van der Waals surface area contributed by atoms with Gasteiger partial charge in [0.1, 0.15) is 39.3 Å². The average molecular weight is 546 g/mol. The summed E-state index contributed by atoms with van der Waals surface area (Å²) >= 11 is 3.60. The van der Waals surface area contributed by atoms with Crippen molar-refractivity contribution in [3.8, 4) is 22.6 Å². The van der Waals surface area contributed by atoms with Crippen molar-refractivity contribution in [2.45, 2.75) is 24.6 Å². The number of hydrogen-bond acceptors (Lipinski definition) is 7. The van der Waals surface area contributed by atoms with Crippen molar-refractivity contribution in [3.63, 3.8) is 0 Å². The van der Waals surface area contributed by atoms with Crippen LogP contribution < -0.4 is 5.32 Å². The molecule has 9 nitrogen and oxygen atoms in total. The summed E-state index contributed by atoms with van der Waals surface area (Å²) < 4.78 is 1.09. The summed E-state index contributed by atoms with van der Waals surface area (Å²) in [5.74, 6) is 1.84. The fourth-order valence-electron chi connectivity index (χ4n) is 3.65. The predicted octanol–water partition coefficient (Wildman–Crippen LogP) is 3.72. The zero-order valence-corrected chi connectivity index (χ0v) is 20.2. The molecule has 1 aliphatic rings. The summed E-state index contributed by atoms with van der Waals surface area (Å²) in [6, 6.07) is 1.93. The van der Waals surface area contributed by atoms with Gasteiger partial charge in [-0.05, 0) is 19.4 Å². The van der Waals surface area contributed by atoms with Crippen molar-refractivity contribution in [1.29, 1.82) is 0 Å². The summed E-state index contributed by atoms with van der Waals surface area (Å²) in [5.41, 5.74) is 4.33. The smallest absolute Gasteiger partial charge is 0.247 e. The van der Waals surface area contributed by atoms with Crippen molar-refractivity contribution >= 4 is 55.8 Å². The van der Waals surface area contributed by atoms with Gasteiger partial charge in [-0.25, -0.2) is 29.9 Å². The van der Waals surface area contributed by atoms with Crippen LogP contribution in [0.5, 0.6) is 0 Å². The van der Waals surface area contributed by atoms with Crippen molar-refractivity contribution < 1.29 is 4.79 Å².